The van der Waals surface area contributed by atoms with Crippen molar-refractivity contribution in [2.24, 2.45) is 0 Å². The van der Waals surface area contributed by atoms with E-state index in [9.17, 15) is 13.2 Å². The number of ether oxygens (including phenoxy) is 2. The molecule has 1 saturated heterocycles. The summed E-state index contributed by atoms with van der Waals surface area (Å²) in [7, 11) is -2.05. The van der Waals surface area contributed by atoms with Crippen molar-refractivity contribution in [2.45, 2.75) is 11.8 Å². The van der Waals surface area contributed by atoms with Crippen LogP contribution in [0.1, 0.15) is 17.3 Å². The highest BCUT2D eigenvalue weighted by Crippen LogP contribution is 2.22. The van der Waals surface area contributed by atoms with Gasteiger partial charge >= 0.3 is 0 Å². The largest absolute Gasteiger partial charge is 0.497 e. The Kier molecular flexibility index (Phi) is 6.21. The highest BCUT2D eigenvalue weighted by molar-refractivity contribution is 7.89. The van der Waals surface area contributed by atoms with Gasteiger partial charge in [0.15, 0.2) is 0 Å². The van der Waals surface area contributed by atoms with Crippen LogP contribution >= 0.6 is 0 Å². The van der Waals surface area contributed by atoms with Crippen molar-refractivity contribution in [1.29, 1.82) is 0 Å². The summed E-state index contributed by atoms with van der Waals surface area (Å²) in [6.45, 7) is 3.58. The molecule has 150 valence electrons. The number of sulfonamides is 1. The molecule has 0 N–H and O–H groups in total. The first-order chi connectivity index (χ1) is 13.5. The highest BCUT2D eigenvalue weighted by atomic mass is 32.2. The van der Waals surface area contributed by atoms with Gasteiger partial charge in [0.05, 0.1) is 18.6 Å². The lowest BCUT2D eigenvalue weighted by Crippen LogP contribution is -2.50. The molecule has 8 heteroatoms. The molecule has 0 bridgehead atoms. The molecule has 1 aliphatic heterocycles. The van der Waals surface area contributed by atoms with Crippen LogP contribution in [0.25, 0.3) is 0 Å². The summed E-state index contributed by atoms with van der Waals surface area (Å²) in [6.07, 6.45) is 0. The molecule has 0 spiro atoms. The van der Waals surface area contributed by atoms with Gasteiger partial charge in [-0.05, 0) is 49.4 Å². The van der Waals surface area contributed by atoms with E-state index in [4.69, 9.17) is 9.47 Å². The first-order valence-corrected chi connectivity index (χ1v) is 10.6. The molecule has 1 amide bonds. The molecule has 1 heterocycles. The van der Waals surface area contributed by atoms with E-state index in [-0.39, 0.29) is 23.9 Å². The van der Waals surface area contributed by atoms with E-state index < -0.39 is 10.0 Å². The van der Waals surface area contributed by atoms with Gasteiger partial charge in [-0.15, -0.1) is 0 Å². The molecule has 0 aromatic heterocycles. The van der Waals surface area contributed by atoms with Gasteiger partial charge in [0.2, 0.25) is 10.0 Å². The Hall–Kier alpha value is -2.58. The quantitative estimate of drug-likeness (QED) is 0.738. The summed E-state index contributed by atoms with van der Waals surface area (Å²) in [6, 6.07) is 13.4. The number of carbonyl (C=O) groups is 1. The molecular formula is C20H24N2O5S. The van der Waals surface area contributed by atoms with Crippen LogP contribution in [0, 0.1) is 0 Å². The van der Waals surface area contributed by atoms with E-state index in [0.29, 0.717) is 36.8 Å². The number of methoxy groups -OCH3 is 1. The average molecular weight is 404 g/mol. The lowest BCUT2D eigenvalue weighted by molar-refractivity contribution is 0.0697. The second kappa shape index (κ2) is 8.62. The van der Waals surface area contributed by atoms with Crippen molar-refractivity contribution in [2.75, 3.05) is 39.9 Å². The lowest BCUT2D eigenvalue weighted by atomic mass is 10.1. The normalized spacial score (nSPS) is 15.3. The highest BCUT2D eigenvalue weighted by Gasteiger charge is 2.30. The summed E-state index contributed by atoms with van der Waals surface area (Å²) in [4.78, 5) is 14.6. The number of carbonyl (C=O) groups excluding carboxylic acids is 1. The van der Waals surface area contributed by atoms with Crippen LogP contribution in [0.3, 0.4) is 0 Å². The number of benzene rings is 2. The molecule has 2 aromatic carbocycles. The van der Waals surface area contributed by atoms with Crippen molar-refractivity contribution >= 4 is 15.9 Å². The first kappa shape index (κ1) is 20.2. The second-order valence-corrected chi connectivity index (χ2v) is 8.27. The third-order valence-electron chi connectivity index (χ3n) is 4.62. The molecule has 0 saturated carbocycles. The van der Waals surface area contributed by atoms with Crippen LogP contribution in [0.2, 0.25) is 0 Å². The summed E-state index contributed by atoms with van der Waals surface area (Å²) >= 11 is 0. The molecule has 0 atom stereocenters. The predicted molar refractivity (Wildman–Crippen MR) is 105 cm³/mol. The summed E-state index contributed by atoms with van der Waals surface area (Å²) in [5, 5.41) is 0. The standard InChI is InChI=1S/C20H24N2O5S/c1-3-27-17-7-9-19(10-8-17)28(24,25)22-13-11-21(12-14-22)20(23)16-5-4-6-18(15-16)26-2/h4-10,15H,3,11-14H2,1-2H3. The number of hydrogen-bond acceptors (Lipinski definition) is 5. The van der Waals surface area contributed by atoms with Gasteiger partial charge < -0.3 is 14.4 Å². The van der Waals surface area contributed by atoms with Crippen LogP contribution in [0.4, 0.5) is 0 Å². The van der Waals surface area contributed by atoms with Crippen molar-refractivity contribution < 1.29 is 22.7 Å². The number of rotatable bonds is 6. The molecule has 2 aromatic rings. The Morgan fingerprint density at radius 3 is 2.29 bits per heavy atom. The van der Waals surface area contributed by atoms with Gasteiger partial charge in [0, 0.05) is 31.7 Å². The summed E-state index contributed by atoms with van der Waals surface area (Å²) in [5.74, 6) is 1.12. The van der Waals surface area contributed by atoms with E-state index in [0.717, 1.165) is 0 Å². The third-order valence-corrected chi connectivity index (χ3v) is 6.53. The Balaban J connectivity index is 1.66. The van der Waals surface area contributed by atoms with Gasteiger partial charge in [-0.3, -0.25) is 4.79 Å². The minimum atomic E-state index is -3.60. The first-order valence-electron chi connectivity index (χ1n) is 9.12. The molecule has 3 rings (SSSR count). The molecule has 0 radical (unpaired) electrons. The van der Waals surface area contributed by atoms with Gasteiger partial charge in [0.25, 0.3) is 5.91 Å². The number of amides is 1. The number of hydrogen-bond donors (Lipinski definition) is 0. The van der Waals surface area contributed by atoms with E-state index in [1.807, 2.05) is 6.92 Å². The van der Waals surface area contributed by atoms with Crippen molar-refractivity contribution in [3.63, 3.8) is 0 Å². The van der Waals surface area contributed by atoms with E-state index in [2.05, 4.69) is 0 Å². The Labute approximate surface area is 165 Å². The zero-order valence-electron chi connectivity index (χ0n) is 16.0. The van der Waals surface area contributed by atoms with Crippen molar-refractivity contribution in [3.8, 4) is 11.5 Å². The fraction of sp³-hybridized carbons (Fsp3) is 0.350. The van der Waals surface area contributed by atoms with Crippen LogP contribution in [-0.4, -0.2) is 63.4 Å². The minimum absolute atomic E-state index is 0.128. The molecule has 28 heavy (non-hydrogen) atoms. The van der Waals surface area contributed by atoms with Gasteiger partial charge in [-0.25, -0.2) is 8.42 Å². The maximum Gasteiger partial charge on any atom is 0.254 e. The average Bonchev–Trinajstić information content (AvgIpc) is 2.74. The monoisotopic (exact) mass is 404 g/mol. The third kappa shape index (κ3) is 4.28. The fourth-order valence-electron chi connectivity index (χ4n) is 3.09. The fourth-order valence-corrected chi connectivity index (χ4v) is 4.52. The van der Waals surface area contributed by atoms with Crippen molar-refractivity contribution in [1.82, 2.24) is 9.21 Å². The zero-order chi connectivity index (χ0) is 20.1. The Morgan fingerprint density at radius 2 is 1.68 bits per heavy atom. The zero-order valence-corrected chi connectivity index (χ0v) is 16.8. The predicted octanol–water partition coefficient (Wildman–Crippen LogP) is 2.24. The van der Waals surface area contributed by atoms with E-state index in [1.165, 1.54) is 4.31 Å². The van der Waals surface area contributed by atoms with Gasteiger partial charge in [-0.2, -0.15) is 4.31 Å². The Bertz CT molecular complexity index is 920. The molecule has 0 aliphatic carbocycles. The molecule has 1 fully saturated rings. The lowest BCUT2D eigenvalue weighted by Gasteiger charge is -2.34. The molecule has 7 nitrogen and oxygen atoms in total. The van der Waals surface area contributed by atoms with Crippen LogP contribution in [0.15, 0.2) is 53.4 Å². The van der Waals surface area contributed by atoms with Gasteiger partial charge in [-0.1, -0.05) is 6.07 Å². The van der Waals surface area contributed by atoms with Crippen LogP contribution in [0.5, 0.6) is 11.5 Å². The van der Waals surface area contributed by atoms with Gasteiger partial charge in [0.1, 0.15) is 11.5 Å². The number of nitrogens with zero attached hydrogens (tertiary/aromatic N) is 2. The maximum absolute atomic E-state index is 12.9. The van der Waals surface area contributed by atoms with Crippen LogP contribution in [-0.2, 0) is 10.0 Å². The smallest absolute Gasteiger partial charge is 0.254 e. The van der Waals surface area contributed by atoms with Crippen LogP contribution < -0.4 is 9.47 Å². The topological polar surface area (TPSA) is 76.2 Å². The molecule has 1 aliphatic rings. The van der Waals surface area contributed by atoms with E-state index >= 15 is 0 Å². The van der Waals surface area contributed by atoms with Crippen molar-refractivity contribution in [3.05, 3.63) is 54.1 Å². The minimum Gasteiger partial charge on any atom is -0.497 e. The summed E-state index contributed by atoms with van der Waals surface area (Å²) in [5.41, 5.74) is 0.530. The molecule has 0 unspecified atom stereocenters. The maximum atomic E-state index is 12.9. The summed E-state index contributed by atoms with van der Waals surface area (Å²) < 4.78 is 37.6. The molecular weight excluding hydrogens is 380 g/mol. The van der Waals surface area contributed by atoms with E-state index in [1.54, 1.807) is 60.5 Å². The Morgan fingerprint density at radius 1 is 1.00 bits per heavy atom. The SMILES string of the molecule is CCOc1ccc(S(=O)(=O)N2CCN(C(=O)c3cccc(OC)c3)CC2)cc1. The number of piperazine rings is 1. The second-order valence-electron chi connectivity index (χ2n) is 6.33.